The Morgan fingerprint density at radius 2 is 1.95 bits per heavy atom. The van der Waals surface area contributed by atoms with Crippen LogP contribution in [0.4, 0.5) is 17.1 Å². The Balaban J connectivity index is 1.91. The summed E-state index contributed by atoms with van der Waals surface area (Å²) in [5, 5.41) is 5.09. The van der Waals surface area contributed by atoms with Gasteiger partial charge in [0.1, 0.15) is 6.67 Å². The van der Waals surface area contributed by atoms with Crippen molar-refractivity contribution in [2.24, 2.45) is 0 Å². The fourth-order valence-electron chi connectivity index (χ4n) is 2.68. The van der Waals surface area contributed by atoms with E-state index < -0.39 is 0 Å². The van der Waals surface area contributed by atoms with Crippen molar-refractivity contribution in [2.45, 2.75) is 6.92 Å². The first-order valence-electron chi connectivity index (χ1n) is 6.76. The molecule has 3 aromatic rings. The van der Waals surface area contributed by atoms with Crippen LogP contribution in [-0.2, 0) is 0 Å². The summed E-state index contributed by atoms with van der Waals surface area (Å²) in [5.74, 6) is 0. The van der Waals surface area contributed by atoms with E-state index in [4.69, 9.17) is 11.6 Å². The number of halogens is 1. The van der Waals surface area contributed by atoms with Gasteiger partial charge in [0.25, 0.3) is 0 Å². The van der Waals surface area contributed by atoms with Crippen molar-refractivity contribution in [1.29, 1.82) is 0 Å². The van der Waals surface area contributed by atoms with Gasteiger partial charge in [-0.1, -0.05) is 17.7 Å². The van der Waals surface area contributed by atoms with Crippen molar-refractivity contribution < 1.29 is 0 Å². The van der Waals surface area contributed by atoms with Crippen LogP contribution in [0.15, 0.2) is 48.7 Å². The topological polar surface area (TPSA) is 28.2 Å². The molecule has 2 heterocycles. The number of pyridine rings is 1. The van der Waals surface area contributed by atoms with Crippen molar-refractivity contribution >= 4 is 39.6 Å². The quantitative estimate of drug-likeness (QED) is 0.693. The Morgan fingerprint density at radius 3 is 2.86 bits per heavy atom. The van der Waals surface area contributed by atoms with Crippen LogP contribution >= 0.6 is 11.6 Å². The van der Waals surface area contributed by atoms with E-state index in [1.165, 1.54) is 5.56 Å². The summed E-state index contributed by atoms with van der Waals surface area (Å²) >= 11 is 6.06. The first-order valence-corrected chi connectivity index (χ1v) is 7.14. The van der Waals surface area contributed by atoms with Crippen molar-refractivity contribution in [2.75, 3.05) is 10.2 Å². The maximum Gasteiger partial charge on any atom is 0.144 e. The summed E-state index contributed by atoms with van der Waals surface area (Å²) in [5.41, 5.74) is 5.48. The highest BCUT2D eigenvalue weighted by Gasteiger charge is 2.22. The Kier molecular flexibility index (Phi) is 2.76. The lowest BCUT2D eigenvalue weighted by Crippen LogP contribution is -2.11. The highest BCUT2D eigenvalue weighted by atomic mass is 35.5. The maximum absolute atomic E-state index is 6.06. The molecule has 21 heavy (non-hydrogen) atoms. The van der Waals surface area contributed by atoms with Gasteiger partial charge in [0.15, 0.2) is 0 Å². The number of aryl methyl sites for hydroxylation is 1. The molecule has 4 heteroatoms. The molecule has 3 nitrogen and oxygen atoms in total. The number of benzene rings is 2. The SMILES string of the molecule is Cc1ccc2c(c1)N(c1ccnc3cc(Cl)ccc13)[CH]N2. The summed E-state index contributed by atoms with van der Waals surface area (Å²) in [6, 6.07) is 14.2. The van der Waals surface area contributed by atoms with E-state index >= 15 is 0 Å². The number of fused-ring (bicyclic) bond motifs is 2. The van der Waals surface area contributed by atoms with Crippen molar-refractivity contribution in [3.8, 4) is 0 Å². The number of aromatic nitrogens is 1. The van der Waals surface area contributed by atoms with E-state index in [1.807, 2.05) is 37.1 Å². The lowest BCUT2D eigenvalue weighted by atomic mass is 10.1. The average Bonchev–Trinajstić information content (AvgIpc) is 2.89. The van der Waals surface area contributed by atoms with E-state index in [0.717, 1.165) is 28.0 Å². The highest BCUT2D eigenvalue weighted by molar-refractivity contribution is 6.31. The van der Waals surface area contributed by atoms with Crippen LogP contribution in [-0.4, -0.2) is 4.98 Å². The molecule has 0 amide bonds. The number of nitrogens with one attached hydrogen (secondary N) is 1. The normalized spacial score (nSPS) is 13.3. The van der Waals surface area contributed by atoms with Crippen LogP contribution in [0, 0.1) is 13.6 Å². The van der Waals surface area contributed by atoms with Gasteiger partial charge in [0, 0.05) is 16.6 Å². The predicted molar refractivity (Wildman–Crippen MR) is 88.0 cm³/mol. The molecule has 0 saturated heterocycles. The van der Waals surface area contributed by atoms with E-state index in [-0.39, 0.29) is 0 Å². The molecule has 0 aliphatic carbocycles. The van der Waals surface area contributed by atoms with Crippen LogP contribution in [0.1, 0.15) is 5.56 Å². The van der Waals surface area contributed by atoms with E-state index in [2.05, 4.69) is 40.3 Å². The van der Waals surface area contributed by atoms with Gasteiger partial charge in [-0.3, -0.25) is 4.98 Å². The molecule has 2 aromatic carbocycles. The van der Waals surface area contributed by atoms with Gasteiger partial charge in [0.05, 0.1) is 22.6 Å². The third kappa shape index (κ3) is 2.01. The molecule has 1 radical (unpaired) electrons. The predicted octanol–water partition coefficient (Wildman–Crippen LogP) is 4.88. The Bertz CT molecular complexity index is 845. The summed E-state index contributed by atoms with van der Waals surface area (Å²) in [6.07, 6.45) is 1.82. The summed E-state index contributed by atoms with van der Waals surface area (Å²) in [7, 11) is 0. The van der Waals surface area contributed by atoms with Crippen LogP contribution in [0.25, 0.3) is 10.9 Å². The molecule has 1 aromatic heterocycles. The van der Waals surface area contributed by atoms with Gasteiger partial charge in [-0.15, -0.1) is 0 Å². The molecule has 0 atom stereocenters. The Labute approximate surface area is 128 Å². The van der Waals surface area contributed by atoms with E-state index in [9.17, 15) is 0 Å². The average molecular weight is 295 g/mol. The van der Waals surface area contributed by atoms with Crippen molar-refractivity contribution in [3.05, 3.63) is 65.9 Å². The number of rotatable bonds is 1. The first kappa shape index (κ1) is 12.5. The standard InChI is InChI=1S/C17H13ClN3/c1-11-2-5-14-17(8-11)21(10-20-14)16-6-7-19-15-9-12(18)3-4-13(15)16/h2-10,20H,1H3. The van der Waals surface area contributed by atoms with Gasteiger partial charge in [0.2, 0.25) is 0 Å². The molecule has 103 valence electrons. The third-order valence-electron chi connectivity index (χ3n) is 3.70. The van der Waals surface area contributed by atoms with E-state index in [0.29, 0.717) is 5.02 Å². The largest absolute Gasteiger partial charge is 0.360 e. The summed E-state index contributed by atoms with van der Waals surface area (Å²) < 4.78 is 0. The number of hydrogen-bond donors (Lipinski definition) is 1. The summed E-state index contributed by atoms with van der Waals surface area (Å²) in [6.45, 7) is 4.08. The van der Waals surface area contributed by atoms with Crippen molar-refractivity contribution in [3.63, 3.8) is 0 Å². The Morgan fingerprint density at radius 1 is 1.05 bits per heavy atom. The smallest absolute Gasteiger partial charge is 0.144 e. The molecule has 0 unspecified atom stereocenters. The fraction of sp³-hybridized carbons (Fsp3) is 0.0588. The number of nitrogens with zero attached hydrogens (tertiary/aromatic N) is 2. The third-order valence-corrected chi connectivity index (χ3v) is 3.94. The van der Waals surface area contributed by atoms with Crippen molar-refractivity contribution in [1.82, 2.24) is 4.98 Å². The molecule has 0 saturated carbocycles. The second-order valence-electron chi connectivity index (χ2n) is 5.16. The lowest BCUT2D eigenvalue weighted by Gasteiger charge is -2.19. The molecular weight excluding hydrogens is 282 g/mol. The number of anilines is 3. The second kappa shape index (κ2) is 4.64. The monoisotopic (exact) mass is 294 g/mol. The minimum Gasteiger partial charge on any atom is -0.360 e. The first-order chi connectivity index (χ1) is 10.2. The highest BCUT2D eigenvalue weighted by Crippen LogP contribution is 2.41. The van der Waals surface area contributed by atoms with Gasteiger partial charge in [-0.2, -0.15) is 0 Å². The molecule has 1 N–H and O–H groups in total. The zero-order chi connectivity index (χ0) is 14.4. The van der Waals surface area contributed by atoms with Gasteiger partial charge in [-0.25, -0.2) is 0 Å². The number of hydrogen-bond acceptors (Lipinski definition) is 3. The van der Waals surface area contributed by atoms with Gasteiger partial charge in [-0.05, 0) is 48.9 Å². The van der Waals surface area contributed by atoms with Crippen LogP contribution in [0.2, 0.25) is 5.02 Å². The minimum absolute atomic E-state index is 0.701. The van der Waals surface area contributed by atoms with Gasteiger partial charge >= 0.3 is 0 Å². The lowest BCUT2D eigenvalue weighted by molar-refractivity contribution is 1.23. The van der Waals surface area contributed by atoms with E-state index in [1.54, 1.807) is 0 Å². The molecule has 1 aliphatic heterocycles. The fourth-order valence-corrected chi connectivity index (χ4v) is 2.85. The Hall–Kier alpha value is -2.26. The zero-order valence-electron chi connectivity index (χ0n) is 11.5. The van der Waals surface area contributed by atoms with Crippen LogP contribution in [0.5, 0.6) is 0 Å². The summed E-state index contributed by atoms with van der Waals surface area (Å²) in [4.78, 5) is 6.56. The van der Waals surface area contributed by atoms with Crippen LogP contribution in [0.3, 0.4) is 0 Å². The zero-order valence-corrected chi connectivity index (χ0v) is 12.2. The molecule has 4 rings (SSSR count). The maximum atomic E-state index is 6.06. The molecule has 0 fully saturated rings. The minimum atomic E-state index is 0.701. The molecule has 1 aliphatic rings. The molecular formula is C17H13ClN3. The molecule has 0 bridgehead atoms. The molecule has 0 spiro atoms. The second-order valence-corrected chi connectivity index (χ2v) is 5.59. The van der Waals surface area contributed by atoms with Gasteiger partial charge < -0.3 is 10.2 Å². The van der Waals surface area contributed by atoms with Crippen LogP contribution < -0.4 is 10.2 Å².